The van der Waals surface area contributed by atoms with Crippen LogP contribution in [0.15, 0.2) is 0 Å². The predicted octanol–water partition coefficient (Wildman–Crippen LogP) is 1.50. The van der Waals surface area contributed by atoms with Crippen molar-refractivity contribution in [1.82, 2.24) is 0 Å². The van der Waals surface area contributed by atoms with E-state index < -0.39 is 0 Å². The van der Waals surface area contributed by atoms with Crippen LogP contribution in [0.3, 0.4) is 0 Å². The van der Waals surface area contributed by atoms with Gasteiger partial charge in [0, 0.05) is 19.8 Å². The Morgan fingerprint density at radius 1 is 1.11 bits per heavy atom. The molecule has 5 nitrogen and oxygen atoms in total. The summed E-state index contributed by atoms with van der Waals surface area (Å²) in [6.07, 6.45) is 3.44. The van der Waals surface area contributed by atoms with E-state index in [0.717, 1.165) is 12.8 Å². The van der Waals surface area contributed by atoms with Crippen LogP contribution >= 0.6 is 0 Å². The molecule has 0 unspecified atom stereocenters. The van der Waals surface area contributed by atoms with Crippen LogP contribution in [0.2, 0.25) is 0 Å². The van der Waals surface area contributed by atoms with Gasteiger partial charge in [-0.3, -0.25) is 9.59 Å². The average molecular weight is 256 g/mol. The highest BCUT2D eigenvalue weighted by Crippen LogP contribution is 2.49. The monoisotopic (exact) mass is 256 g/mol. The zero-order valence-corrected chi connectivity index (χ0v) is 10.9. The number of fused-ring (bicyclic) bond motifs is 2. The second-order valence-electron chi connectivity index (χ2n) is 5.20. The van der Waals surface area contributed by atoms with E-state index in [-0.39, 0.29) is 30.8 Å². The van der Waals surface area contributed by atoms with Crippen molar-refractivity contribution in [3.63, 3.8) is 0 Å². The molecule has 0 spiro atoms. The molecule has 2 bridgehead atoms. The van der Waals surface area contributed by atoms with E-state index in [0.29, 0.717) is 18.4 Å². The van der Waals surface area contributed by atoms with Gasteiger partial charge in [-0.05, 0) is 31.1 Å². The minimum atomic E-state index is -0.348. The van der Waals surface area contributed by atoms with Gasteiger partial charge in [0.15, 0.2) is 6.79 Å². The zero-order valence-electron chi connectivity index (χ0n) is 10.9. The molecule has 0 heterocycles. The van der Waals surface area contributed by atoms with Crippen LogP contribution in [0.25, 0.3) is 0 Å². The molecule has 4 atom stereocenters. The molecule has 0 aromatic heterocycles. The molecule has 0 aliphatic heterocycles. The molecule has 5 heteroatoms. The van der Waals surface area contributed by atoms with Gasteiger partial charge in [-0.25, -0.2) is 0 Å². The first-order valence-corrected chi connectivity index (χ1v) is 6.46. The molecule has 2 aliphatic rings. The average Bonchev–Trinajstić information content (AvgIpc) is 2.85. The highest BCUT2D eigenvalue weighted by molar-refractivity contribution is 5.66. The van der Waals surface area contributed by atoms with E-state index in [9.17, 15) is 9.59 Å². The van der Waals surface area contributed by atoms with Crippen molar-refractivity contribution >= 4 is 11.9 Å². The largest absolute Gasteiger partial charge is 0.462 e. The van der Waals surface area contributed by atoms with E-state index in [4.69, 9.17) is 14.2 Å². The Morgan fingerprint density at radius 3 is 2.50 bits per heavy atom. The summed E-state index contributed by atoms with van der Waals surface area (Å²) in [5.41, 5.74) is 0. The number of carbonyl (C=O) groups excluding carboxylic acids is 2. The summed E-state index contributed by atoms with van der Waals surface area (Å²) in [7, 11) is 0. The van der Waals surface area contributed by atoms with E-state index in [1.807, 2.05) is 0 Å². The quantitative estimate of drug-likeness (QED) is 0.424. The molecule has 0 aromatic rings. The minimum Gasteiger partial charge on any atom is -0.462 e. The first-order chi connectivity index (χ1) is 8.58. The van der Waals surface area contributed by atoms with Gasteiger partial charge in [0.2, 0.25) is 0 Å². The summed E-state index contributed by atoms with van der Waals surface area (Å²) in [4.78, 5) is 21.7. The summed E-state index contributed by atoms with van der Waals surface area (Å²) in [5, 5.41) is 0. The summed E-state index contributed by atoms with van der Waals surface area (Å²) in [5.74, 6) is 0.748. The Morgan fingerprint density at radius 2 is 1.83 bits per heavy atom. The topological polar surface area (TPSA) is 61.8 Å². The molecule has 2 rings (SSSR count). The lowest BCUT2D eigenvalue weighted by atomic mass is 9.87. The second kappa shape index (κ2) is 5.69. The van der Waals surface area contributed by atoms with Gasteiger partial charge in [-0.1, -0.05) is 0 Å². The van der Waals surface area contributed by atoms with Gasteiger partial charge in [-0.15, -0.1) is 0 Å². The molecule has 0 N–H and O–H groups in total. The van der Waals surface area contributed by atoms with Crippen molar-refractivity contribution in [2.45, 2.75) is 39.2 Å². The van der Waals surface area contributed by atoms with Crippen LogP contribution in [0, 0.1) is 17.8 Å². The van der Waals surface area contributed by atoms with Crippen molar-refractivity contribution in [3.05, 3.63) is 0 Å². The van der Waals surface area contributed by atoms with Gasteiger partial charge in [0.1, 0.15) is 6.10 Å². The molecule has 18 heavy (non-hydrogen) atoms. The van der Waals surface area contributed by atoms with Crippen LogP contribution in [0.4, 0.5) is 0 Å². The summed E-state index contributed by atoms with van der Waals surface area (Å²) in [6, 6.07) is 0. The van der Waals surface area contributed by atoms with Gasteiger partial charge in [0.25, 0.3) is 0 Å². The van der Waals surface area contributed by atoms with Crippen LogP contribution in [0.5, 0.6) is 0 Å². The third-order valence-corrected chi connectivity index (χ3v) is 3.96. The lowest BCUT2D eigenvalue weighted by molar-refractivity contribution is -0.160. The van der Waals surface area contributed by atoms with Crippen LogP contribution in [0.1, 0.15) is 33.1 Å². The summed E-state index contributed by atoms with van der Waals surface area (Å²) >= 11 is 0. The number of hydrogen-bond acceptors (Lipinski definition) is 5. The Balaban J connectivity index is 1.81. The van der Waals surface area contributed by atoms with Crippen molar-refractivity contribution in [2.24, 2.45) is 17.8 Å². The first-order valence-electron chi connectivity index (χ1n) is 6.46. The van der Waals surface area contributed by atoms with Crippen molar-refractivity contribution in [1.29, 1.82) is 0 Å². The third-order valence-electron chi connectivity index (χ3n) is 3.96. The Bertz CT molecular complexity index is 327. The van der Waals surface area contributed by atoms with Crippen molar-refractivity contribution < 1.29 is 23.8 Å². The fraction of sp³-hybridized carbons (Fsp3) is 0.846. The molecule has 0 aromatic carbocycles. The summed E-state index contributed by atoms with van der Waals surface area (Å²) < 4.78 is 15.5. The molecular formula is C13H20O5. The zero-order chi connectivity index (χ0) is 13.1. The lowest BCUT2D eigenvalue weighted by Gasteiger charge is -2.30. The number of esters is 2. The van der Waals surface area contributed by atoms with Crippen LogP contribution in [-0.4, -0.2) is 31.4 Å². The van der Waals surface area contributed by atoms with Crippen LogP contribution < -0.4 is 0 Å². The molecule has 0 saturated heterocycles. The Kier molecular flexibility index (Phi) is 4.22. The van der Waals surface area contributed by atoms with Gasteiger partial charge in [0.05, 0.1) is 6.61 Å². The number of carbonyl (C=O) groups is 2. The minimum absolute atomic E-state index is 0.0152. The molecule has 2 fully saturated rings. The number of rotatable bonds is 5. The molecular weight excluding hydrogens is 236 g/mol. The number of ether oxygens (including phenoxy) is 3. The predicted molar refractivity (Wildman–Crippen MR) is 62.5 cm³/mol. The highest BCUT2D eigenvalue weighted by atomic mass is 16.7. The molecule has 0 radical (unpaired) electrons. The van der Waals surface area contributed by atoms with Crippen molar-refractivity contribution in [3.8, 4) is 0 Å². The smallest absolute Gasteiger partial charge is 0.304 e. The van der Waals surface area contributed by atoms with Gasteiger partial charge in [-0.2, -0.15) is 0 Å². The maximum absolute atomic E-state index is 11.1. The molecule has 2 aliphatic carbocycles. The van der Waals surface area contributed by atoms with Crippen molar-refractivity contribution in [2.75, 3.05) is 13.4 Å². The van der Waals surface area contributed by atoms with E-state index in [1.165, 1.54) is 20.3 Å². The summed E-state index contributed by atoms with van der Waals surface area (Å²) in [6.45, 7) is 3.27. The lowest BCUT2D eigenvalue weighted by Crippen LogP contribution is -2.35. The fourth-order valence-electron chi connectivity index (χ4n) is 3.27. The molecule has 0 amide bonds. The van der Waals surface area contributed by atoms with E-state index in [1.54, 1.807) is 0 Å². The normalized spacial score (nSPS) is 33.4. The van der Waals surface area contributed by atoms with E-state index in [2.05, 4.69) is 0 Å². The van der Waals surface area contributed by atoms with Gasteiger partial charge < -0.3 is 14.2 Å². The molecule has 2 saturated carbocycles. The maximum atomic E-state index is 11.1. The Hall–Kier alpha value is -1.10. The highest BCUT2D eigenvalue weighted by Gasteiger charge is 2.49. The SMILES string of the molecule is CC(=O)OCOC[C@H]1[C@@H]2CC[C@@H](C2)[C@H]1OC(C)=O. The standard InChI is InChI=1S/C13H20O5/c1-8(14)17-7-16-6-12-10-3-4-11(5-10)13(12)18-9(2)15/h10-13H,3-7H2,1-2H3/t10-,11+,12+,13-/m1/s1. The van der Waals surface area contributed by atoms with E-state index >= 15 is 0 Å². The van der Waals surface area contributed by atoms with Gasteiger partial charge >= 0.3 is 11.9 Å². The fourth-order valence-corrected chi connectivity index (χ4v) is 3.27. The maximum Gasteiger partial charge on any atom is 0.304 e. The number of hydrogen-bond donors (Lipinski definition) is 0. The second-order valence-corrected chi connectivity index (χ2v) is 5.20. The first kappa shape index (κ1) is 13.3. The van der Waals surface area contributed by atoms with Crippen LogP contribution in [-0.2, 0) is 23.8 Å². The Labute approximate surface area is 107 Å². The molecule has 102 valence electrons. The third kappa shape index (κ3) is 3.02.